The van der Waals surface area contributed by atoms with E-state index in [1.807, 2.05) is 25.1 Å². The Morgan fingerprint density at radius 3 is 2.51 bits per heavy atom. The van der Waals surface area contributed by atoms with Crippen molar-refractivity contribution in [2.24, 2.45) is 0 Å². The van der Waals surface area contributed by atoms with Crippen molar-refractivity contribution in [3.8, 4) is 34.1 Å². The van der Waals surface area contributed by atoms with Crippen LogP contribution in [0.4, 0.5) is 4.79 Å². The molecule has 8 nitrogen and oxygen atoms in total. The zero-order valence-electron chi connectivity index (χ0n) is 20.1. The molecular formula is C27H27N5O3. The van der Waals surface area contributed by atoms with Crippen molar-refractivity contribution < 1.29 is 14.6 Å². The number of nitrogens with zero attached hydrogens (tertiary/aromatic N) is 3. The lowest BCUT2D eigenvalue weighted by atomic mass is 9.88. The number of hydrogen-bond donors (Lipinski definition) is 3. The van der Waals surface area contributed by atoms with Crippen LogP contribution in [-0.2, 0) is 17.7 Å². The maximum Gasteiger partial charge on any atom is 0.407 e. The second-order valence-electron chi connectivity index (χ2n) is 9.18. The van der Waals surface area contributed by atoms with Gasteiger partial charge in [-0.15, -0.1) is 0 Å². The summed E-state index contributed by atoms with van der Waals surface area (Å²) < 4.78 is 5.38. The lowest BCUT2D eigenvalue weighted by Gasteiger charge is -2.22. The molecule has 1 amide bonds. The molecule has 8 heteroatoms. The van der Waals surface area contributed by atoms with E-state index in [1.165, 1.54) is 0 Å². The van der Waals surface area contributed by atoms with Gasteiger partial charge >= 0.3 is 6.09 Å². The largest absolute Gasteiger partial charge is 0.508 e. The molecule has 4 rings (SSSR count). The first-order valence-corrected chi connectivity index (χ1v) is 11.4. The van der Waals surface area contributed by atoms with Crippen LogP contribution in [0, 0.1) is 11.3 Å². The lowest BCUT2D eigenvalue weighted by molar-refractivity contribution is 0.0523. The first-order chi connectivity index (χ1) is 16.7. The molecule has 0 aliphatic carbocycles. The van der Waals surface area contributed by atoms with Gasteiger partial charge in [-0.05, 0) is 68.1 Å². The van der Waals surface area contributed by atoms with Crippen molar-refractivity contribution in [2.75, 3.05) is 0 Å². The van der Waals surface area contributed by atoms with E-state index in [0.717, 1.165) is 38.7 Å². The van der Waals surface area contributed by atoms with E-state index in [9.17, 15) is 15.2 Å². The number of hydrogen-bond acceptors (Lipinski definition) is 6. The van der Waals surface area contributed by atoms with Crippen molar-refractivity contribution in [1.82, 2.24) is 20.5 Å². The van der Waals surface area contributed by atoms with Crippen molar-refractivity contribution in [1.29, 1.82) is 5.26 Å². The summed E-state index contributed by atoms with van der Waals surface area (Å²) in [6.07, 6.45) is 1.79. The quantitative estimate of drug-likeness (QED) is 0.357. The summed E-state index contributed by atoms with van der Waals surface area (Å²) >= 11 is 0. The van der Waals surface area contributed by atoms with Crippen LogP contribution >= 0.6 is 0 Å². The Balaban J connectivity index is 1.90. The Morgan fingerprint density at radius 1 is 1.14 bits per heavy atom. The molecule has 4 aromatic rings. The van der Waals surface area contributed by atoms with E-state index in [1.54, 1.807) is 51.2 Å². The van der Waals surface area contributed by atoms with Gasteiger partial charge in [0, 0.05) is 16.5 Å². The lowest BCUT2D eigenvalue weighted by Crippen LogP contribution is -2.32. The molecule has 0 saturated carbocycles. The number of aromatic amines is 1. The summed E-state index contributed by atoms with van der Waals surface area (Å²) in [4.78, 5) is 17.0. The number of alkyl carbamates (subject to hydrolysis) is 1. The fraction of sp³-hybridized carbons (Fsp3) is 0.259. The van der Waals surface area contributed by atoms with E-state index >= 15 is 0 Å². The molecule has 178 valence electrons. The number of nitrogens with one attached hydrogen (secondary N) is 2. The summed E-state index contributed by atoms with van der Waals surface area (Å²) in [6.45, 7) is 7.48. The Labute approximate surface area is 203 Å². The number of H-pyrrole nitrogens is 1. The molecule has 0 atom stereocenters. The van der Waals surface area contributed by atoms with Gasteiger partial charge < -0.3 is 15.2 Å². The highest BCUT2D eigenvalue weighted by Crippen LogP contribution is 2.38. The van der Waals surface area contributed by atoms with Gasteiger partial charge in [-0.1, -0.05) is 25.1 Å². The highest BCUT2D eigenvalue weighted by atomic mass is 16.6. The van der Waals surface area contributed by atoms with E-state index in [4.69, 9.17) is 9.72 Å². The highest BCUT2D eigenvalue weighted by Gasteiger charge is 2.23. The second kappa shape index (κ2) is 9.47. The van der Waals surface area contributed by atoms with Gasteiger partial charge in [0.2, 0.25) is 0 Å². The monoisotopic (exact) mass is 469 g/mol. The number of aromatic hydroxyl groups is 1. The second-order valence-corrected chi connectivity index (χ2v) is 9.18. The van der Waals surface area contributed by atoms with E-state index in [2.05, 4.69) is 21.6 Å². The molecule has 2 aromatic heterocycles. The predicted molar refractivity (Wildman–Crippen MR) is 134 cm³/mol. The first-order valence-electron chi connectivity index (χ1n) is 11.4. The fourth-order valence-electron chi connectivity index (χ4n) is 4.10. The third kappa shape index (κ3) is 5.09. The predicted octanol–water partition coefficient (Wildman–Crippen LogP) is 5.46. The van der Waals surface area contributed by atoms with Gasteiger partial charge in [0.1, 0.15) is 23.1 Å². The SMILES string of the molecule is CCc1c(-c2ccc3[nH]ncc3c2)c(C#N)nc(CNC(=O)OC(C)(C)C)c1-c1ccc(O)cc1. The number of phenolic OH excluding ortho intramolecular Hbond substituents is 1. The molecule has 0 bridgehead atoms. The van der Waals surface area contributed by atoms with Gasteiger partial charge in [0.25, 0.3) is 0 Å². The summed E-state index contributed by atoms with van der Waals surface area (Å²) in [5, 5.41) is 30.6. The number of pyridine rings is 1. The average Bonchev–Trinajstić information content (AvgIpc) is 3.29. The Hall–Kier alpha value is -4.38. The van der Waals surface area contributed by atoms with Crippen LogP contribution in [0.2, 0.25) is 0 Å². The zero-order chi connectivity index (χ0) is 25.2. The molecule has 0 unspecified atom stereocenters. The zero-order valence-corrected chi connectivity index (χ0v) is 20.1. The van der Waals surface area contributed by atoms with Crippen LogP contribution in [0.1, 0.15) is 44.6 Å². The number of carbonyl (C=O) groups excluding carboxylic acids is 1. The molecule has 0 aliphatic rings. The van der Waals surface area contributed by atoms with Crippen molar-refractivity contribution in [3.05, 3.63) is 65.6 Å². The van der Waals surface area contributed by atoms with E-state index < -0.39 is 11.7 Å². The van der Waals surface area contributed by atoms with Gasteiger partial charge in [-0.3, -0.25) is 5.10 Å². The maximum absolute atomic E-state index is 12.4. The molecule has 0 spiro atoms. The Bertz CT molecular complexity index is 1430. The van der Waals surface area contributed by atoms with Crippen LogP contribution < -0.4 is 5.32 Å². The molecule has 35 heavy (non-hydrogen) atoms. The number of aromatic nitrogens is 3. The van der Waals surface area contributed by atoms with Gasteiger partial charge in [0.15, 0.2) is 0 Å². The molecule has 0 aliphatic heterocycles. The van der Waals surface area contributed by atoms with Gasteiger partial charge in [-0.2, -0.15) is 10.4 Å². The minimum absolute atomic E-state index is 0.0772. The molecule has 2 aromatic carbocycles. The highest BCUT2D eigenvalue weighted by molar-refractivity contribution is 5.89. The summed E-state index contributed by atoms with van der Waals surface area (Å²) in [5.41, 5.74) is 5.22. The number of amides is 1. The number of ether oxygens (including phenoxy) is 1. The third-order valence-electron chi connectivity index (χ3n) is 5.52. The van der Waals surface area contributed by atoms with E-state index in [0.29, 0.717) is 12.1 Å². The van der Waals surface area contributed by atoms with Crippen LogP contribution in [-0.4, -0.2) is 32.0 Å². The summed E-state index contributed by atoms with van der Waals surface area (Å²) in [7, 11) is 0. The minimum Gasteiger partial charge on any atom is -0.508 e. The normalized spacial score (nSPS) is 11.3. The number of carbonyl (C=O) groups is 1. The van der Waals surface area contributed by atoms with Crippen LogP contribution in [0.3, 0.4) is 0 Å². The number of rotatable bonds is 5. The maximum atomic E-state index is 12.4. The summed E-state index contributed by atoms with van der Waals surface area (Å²) in [6, 6.07) is 14.9. The molecule has 2 heterocycles. The number of fused-ring (bicyclic) bond motifs is 1. The van der Waals surface area contributed by atoms with Crippen molar-refractivity contribution >= 4 is 17.0 Å². The van der Waals surface area contributed by atoms with Gasteiger partial charge in [0.05, 0.1) is 24.0 Å². The average molecular weight is 470 g/mol. The number of benzene rings is 2. The van der Waals surface area contributed by atoms with Crippen LogP contribution in [0.25, 0.3) is 33.2 Å². The Morgan fingerprint density at radius 2 is 1.86 bits per heavy atom. The summed E-state index contributed by atoms with van der Waals surface area (Å²) in [5.74, 6) is 0.146. The number of nitriles is 1. The molecule has 0 saturated heterocycles. The van der Waals surface area contributed by atoms with Gasteiger partial charge in [-0.25, -0.2) is 9.78 Å². The minimum atomic E-state index is -0.640. The van der Waals surface area contributed by atoms with E-state index in [-0.39, 0.29) is 18.0 Å². The molecule has 0 fully saturated rings. The van der Waals surface area contributed by atoms with Crippen molar-refractivity contribution in [3.63, 3.8) is 0 Å². The standard InChI is InChI=1S/C27H27N5O3/c1-5-20-24(16-6-9-19(33)10-7-16)23(15-29-26(34)35-27(2,3)4)31-22(13-28)25(20)17-8-11-21-18(12-17)14-30-32-21/h6-12,14,33H,5,15H2,1-4H3,(H,29,34)(H,30,32). The third-order valence-corrected chi connectivity index (χ3v) is 5.52. The molecule has 0 radical (unpaired) electrons. The van der Waals surface area contributed by atoms with Crippen LogP contribution in [0.5, 0.6) is 5.75 Å². The number of phenols is 1. The first kappa shape index (κ1) is 23.8. The van der Waals surface area contributed by atoms with Crippen LogP contribution in [0.15, 0.2) is 48.7 Å². The smallest absolute Gasteiger partial charge is 0.407 e. The Kier molecular flexibility index (Phi) is 6.43. The molecular weight excluding hydrogens is 442 g/mol. The fourth-order valence-corrected chi connectivity index (χ4v) is 4.10. The topological polar surface area (TPSA) is 124 Å². The molecule has 3 N–H and O–H groups in total. The van der Waals surface area contributed by atoms with Crippen molar-refractivity contribution in [2.45, 2.75) is 46.3 Å².